The molecule has 9 heteroatoms. The van der Waals surface area contributed by atoms with Gasteiger partial charge in [0.05, 0.1) is 11.1 Å². The summed E-state index contributed by atoms with van der Waals surface area (Å²) in [5, 5.41) is 7.51. The zero-order valence-electron chi connectivity index (χ0n) is 23.1. The third kappa shape index (κ3) is 6.74. The fourth-order valence-electron chi connectivity index (χ4n) is 5.68. The largest absolute Gasteiger partial charge is 0.448 e. The molecule has 206 valence electrons. The van der Waals surface area contributed by atoms with E-state index in [0.717, 1.165) is 82.3 Å². The number of ether oxygens (including phenoxy) is 2. The molecule has 2 unspecified atom stereocenters. The molecule has 1 aliphatic carbocycles. The Morgan fingerprint density at radius 3 is 2.86 bits per heavy atom. The van der Waals surface area contributed by atoms with Crippen LogP contribution in [-0.2, 0) is 20.8 Å². The maximum atomic E-state index is 13.3. The van der Waals surface area contributed by atoms with Crippen molar-refractivity contribution in [2.45, 2.75) is 78.0 Å². The average Bonchev–Trinajstić information content (AvgIpc) is 3.45. The number of alkyl carbamates (subject to hydrolysis) is 1. The van der Waals surface area contributed by atoms with Gasteiger partial charge in [-0.15, -0.1) is 0 Å². The first-order valence-electron chi connectivity index (χ1n) is 14.0. The molecule has 0 radical (unpaired) electrons. The predicted octanol–water partition coefficient (Wildman–Crippen LogP) is 4.20. The quantitative estimate of drug-likeness (QED) is 0.502. The molecule has 0 saturated carbocycles. The van der Waals surface area contributed by atoms with Crippen LogP contribution in [0.2, 0.25) is 0 Å². The molecule has 3 aliphatic rings. The number of hydrogen-bond acceptors (Lipinski definition) is 6. The van der Waals surface area contributed by atoms with Gasteiger partial charge < -0.3 is 19.7 Å². The van der Waals surface area contributed by atoms with Crippen molar-refractivity contribution in [2.75, 3.05) is 46.9 Å². The van der Waals surface area contributed by atoms with Crippen molar-refractivity contribution in [1.82, 2.24) is 24.9 Å². The van der Waals surface area contributed by atoms with Crippen molar-refractivity contribution in [3.63, 3.8) is 0 Å². The Morgan fingerprint density at radius 2 is 2.19 bits per heavy atom. The van der Waals surface area contributed by atoms with Crippen LogP contribution in [0.5, 0.6) is 0 Å². The second-order valence-corrected chi connectivity index (χ2v) is 11.4. The minimum absolute atomic E-state index is 0.0235. The highest BCUT2D eigenvalue weighted by atomic mass is 16.5. The Kier molecular flexibility index (Phi) is 9.29. The number of likely N-dealkylation sites (tertiary alicyclic amines) is 1. The number of rotatable bonds is 10. The minimum Gasteiger partial charge on any atom is -0.448 e. The summed E-state index contributed by atoms with van der Waals surface area (Å²) in [5.41, 5.74) is 3.17. The van der Waals surface area contributed by atoms with Gasteiger partial charge in [0.25, 0.3) is 0 Å². The molecular formula is C28H45N5O4. The molecule has 1 N–H and O–H groups in total. The summed E-state index contributed by atoms with van der Waals surface area (Å²) in [5.74, 6) is 0.957. The smallest absolute Gasteiger partial charge is 0.406 e. The Labute approximate surface area is 221 Å². The van der Waals surface area contributed by atoms with E-state index < -0.39 is 6.09 Å². The van der Waals surface area contributed by atoms with Gasteiger partial charge in [-0.2, -0.15) is 5.10 Å². The molecule has 1 spiro atoms. The second-order valence-electron chi connectivity index (χ2n) is 11.4. The number of carbonyl (C=O) groups is 2. The standard InChI is InChI=1S/C28H45N5O4/c1-21(2)10-14-32-15-13-28(26(32)34)11-8-22(9-12-28)25-23(19-31(4)16-18-37-27(35)29-3)20-33(30-25)24-7-5-6-17-36-24/h8,20-21,24H,5-7,9-19H2,1-4H3,(H,29,35). The molecule has 2 atom stereocenters. The summed E-state index contributed by atoms with van der Waals surface area (Å²) in [7, 11) is 3.59. The van der Waals surface area contributed by atoms with Gasteiger partial charge in [-0.3, -0.25) is 9.69 Å². The van der Waals surface area contributed by atoms with Gasteiger partial charge in [0.15, 0.2) is 0 Å². The molecule has 3 heterocycles. The molecule has 4 rings (SSSR count). The number of nitrogens with zero attached hydrogens (tertiary/aromatic N) is 4. The molecule has 2 amide bonds. The lowest BCUT2D eigenvalue weighted by Crippen LogP contribution is -2.36. The van der Waals surface area contributed by atoms with Crippen molar-refractivity contribution in [1.29, 1.82) is 0 Å². The average molecular weight is 516 g/mol. The second kappa shape index (κ2) is 12.4. The highest BCUT2D eigenvalue weighted by Gasteiger charge is 2.46. The lowest BCUT2D eigenvalue weighted by molar-refractivity contribution is -0.136. The Balaban J connectivity index is 1.47. The molecule has 0 bridgehead atoms. The normalized spacial score (nSPS) is 24.3. The first-order valence-corrected chi connectivity index (χ1v) is 14.0. The predicted molar refractivity (Wildman–Crippen MR) is 143 cm³/mol. The van der Waals surface area contributed by atoms with E-state index in [1.165, 1.54) is 5.57 Å². The van der Waals surface area contributed by atoms with Crippen LogP contribution in [-0.4, -0.2) is 78.5 Å². The summed E-state index contributed by atoms with van der Waals surface area (Å²) in [6.07, 6.45) is 11.7. The number of allylic oxidation sites excluding steroid dienone is 2. The fraction of sp³-hybridized carbons (Fsp3) is 0.750. The summed E-state index contributed by atoms with van der Waals surface area (Å²) in [4.78, 5) is 29.0. The molecule has 2 fully saturated rings. The number of carbonyl (C=O) groups excluding carboxylic acids is 2. The summed E-state index contributed by atoms with van der Waals surface area (Å²) in [6, 6.07) is 0. The third-order valence-corrected chi connectivity index (χ3v) is 8.10. The molecule has 37 heavy (non-hydrogen) atoms. The summed E-state index contributed by atoms with van der Waals surface area (Å²) >= 11 is 0. The van der Waals surface area contributed by atoms with E-state index in [0.29, 0.717) is 31.5 Å². The zero-order valence-corrected chi connectivity index (χ0v) is 23.1. The van der Waals surface area contributed by atoms with Crippen molar-refractivity contribution in [3.05, 3.63) is 23.5 Å². The van der Waals surface area contributed by atoms with Gasteiger partial charge >= 0.3 is 6.09 Å². The number of amides is 2. The van der Waals surface area contributed by atoms with Gasteiger partial charge in [-0.05, 0) is 69.9 Å². The Morgan fingerprint density at radius 1 is 1.35 bits per heavy atom. The first-order chi connectivity index (χ1) is 17.8. The third-order valence-electron chi connectivity index (χ3n) is 8.10. The van der Waals surface area contributed by atoms with Crippen molar-refractivity contribution in [2.24, 2.45) is 11.3 Å². The van der Waals surface area contributed by atoms with E-state index in [2.05, 4.69) is 41.2 Å². The SMILES string of the molecule is CNC(=O)OCCN(C)Cc1cn(C2CCCCO2)nc1C1=CCC2(CC1)CCN(CCC(C)C)C2=O. The van der Waals surface area contributed by atoms with E-state index >= 15 is 0 Å². The lowest BCUT2D eigenvalue weighted by atomic mass is 9.73. The highest BCUT2D eigenvalue weighted by molar-refractivity contribution is 5.86. The van der Waals surface area contributed by atoms with E-state index in [1.54, 1.807) is 7.05 Å². The molecule has 2 aliphatic heterocycles. The zero-order chi connectivity index (χ0) is 26.4. The van der Waals surface area contributed by atoms with E-state index in [9.17, 15) is 9.59 Å². The Hall–Kier alpha value is -2.39. The molecule has 9 nitrogen and oxygen atoms in total. The van der Waals surface area contributed by atoms with Crippen LogP contribution in [0.3, 0.4) is 0 Å². The molecule has 1 aromatic heterocycles. The van der Waals surface area contributed by atoms with E-state index in [-0.39, 0.29) is 11.6 Å². The molecule has 0 aromatic carbocycles. The van der Waals surface area contributed by atoms with E-state index in [4.69, 9.17) is 14.6 Å². The monoisotopic (exact) mass is 515 g/mol. The van der Waals surface area contributed by atoms with Crippen LogP contribution in [0.1, 0.15) is 82.7 Å². The van der Waals surface area contributed by atoms with Crippen LogP contribution < -0.4 is 5.32 Å². The molecular weight excluding hydrogens is 470 g/mol. The van der Waals surface area contributed by atoms with Crippen LogP contribution in [0, 0.1) is 11.3 Å². The number of likely N-dealkylation sites (N-methyl/N-ethyl adjacent to an activating group) is 1. The minimum atomic E-state index is -0.415. The Bertz CT molecular complexity index is 968. The topological polar surface area (TPSA) is 88.9 Å². The van der Waals surface area contributed by atoms with Crippen LogP contribution in [0.25, 0.3) is 5.57 Å². The van der Waals surface area contributed by atoms with Crippen LogP contribution in [0.15, 0.2) is 12.3 Å². The fourth-order valence-corrected chi connectivity index (χ4v) is 5.68. The summed E-state index contributed by atoms with van der Waals surface area (Å²) in [6.45, 7) is 8.61. The van der Waals surface area contributed by atoms with Crippen molar-refractivity contribution < 1.29 is 19.1 Å². The van der Waals surface area contributed by atoms with Gasteiger partial charge in [-0.25, -0.2) is 9.48 Å². The van der Waals surface area contributed by atoms with Crippen LogP contribution in [0.4, 0.5) is 4.79 Å². The maximum Gasteiger partial charge on any atom is 0.406 e. The number of aromatic nitrogens is 2. The van der Waals surface area contributed by atoms with Gasteiger partial charge in [0.2, 0.25) is 5.91 Å². The molecule has 1 aromatic rings. The van der Waals surface area contributed by atoms with Crippen LogP contribution >= 0.6 is 0 Å². The van der Waals surface area contributed by atoms with E-state index in [1.807, 2.05) is 11.7 Å². The molecule has 2 saturated heterocycles. The maximum absolute atomic E-state index is 13.3. The number of hydrogen-bond donors (Lipinski definition) is 1. The van der Waals surface area contributed by atoms with Gasteiger partial charge in [-0.1, -0.05) is 19.9 Å². The van der Waals surface area contributed by atoms with Crippen molar-refractivity contribution >= 4 is 17.6 Å². The highest BCUT2D eigenvalue weighted by Crippen LogP contribution is 2.46. The van der Waals surface area contributed by atoms with Gasteiger partial charge in [0, 0.05) is 51.6 Å². The first kappa shape index (κ1) is 27.6. The van der Waals surface area contributed by atoms with Gasteiger partial charge in [0.1, 0.15) is 12.8 Å². The summed E-state index contributed by atoms with van der Waals surface area (Å²) < 4.78 is 13.2. The van der Waals surface area contributed by atoms with Crippen molar-refractivity contribution in [3.8, 4) is 0 Å². The number of nitrogens with one attached hydrogen (secondary N) is 1. The lowest BCUT2D eigenvalue weighted by Gasteiger charge is -2.31.